The number of rotatable bonds is 5. The number of aromatic nitrogens is 2. The number of aliphatic hydroxyl groups is 1. The Hall–Kier alpha value is -1.78. The second-order valence-corrected chi connectivity index (χ2v) is 5.59. The zero-order valence-corrected chi connectivity index (χ0v) is 12.1. The van der Waals surface area contributed by atoms with Crippen LogP contribution in [0.1, 0.15) is 30.5 Å². The van der Waals surface area contributed by atoms with Crippen molar-refractivity contribution in [3.63, 3.8) is 0 Å². The van der Waals surface area contributed by atoms with Crippen LogP contribution in [0.3, 0.4) is 0 Å². The van der Waals surface area contributed by atoms with Gasteiger partial charge in [0.05, 0.1) is 12.3 Å². The summed E-state index contributed by atoms with van der Waals surface area (Å²) in [6.45, 7) is 1.20. The Morgan fingerprint density at radius 2 is 2.19 bits per heavy atom. The molecule has 4 heteroatoms. The highest BCUT2D eigenvalue weighted by atomic mass is 16.3. The Morgan fingerprint density at radius 1 is 1.24 bits per heavy atom. The van der Waals surface area contributed by atoms with Gasteiger partial charge < -0.3 is 10.4 Å². The van der Waals surface area contributed by atoms with Gasteiger partial charge in [0.2, 0.25) is 0 Å². The van der Waals surface area contributed by atoms with Gasteiger partial charge in [0.1, 0.15) is 6.33 Å². The van der Waals surface area contributed by atoms with E-state index in [1.165, 1.54) is 12.8 Å². The Balaban J connectivity index is 1.72. The predicted octanol–water partition coefficient (Wildman–Crippen LogP) is 2.32. The first kappa shape index (κ1) is 14.2. The highest BCUT2D eigenvalue weighted by Gasteiger charge is 2.14. The first-order valence-electron chi connectivity index (χ1n) is 7.59. The fourth-order valence-electron chi connectivity index (χ4n) is 2.85. The topological polar surface area (TPSA) is 58.0 Å². The molecule has 0 unspecified atom stereocenters. The summed E-state index contributed by atoms with van der Waals surface area (Å²) in [6, 6.07) is 10.6. The highest BCUT2D eigenvalue weighted by molar-refractivity contribution is 5.60. The van der Waals surface area contributed by atoms with Crippen LogP contribution in [0, 0.1) is 0 Å². The lowest BCUT2D eigenvalue weighted by molar-refractivity contribution is 0.282. The number of benzene rings is 1. The average molecular weight is 283 g/mol. The maximum atomic E-state index is 9.23. The third-order valence-electron chi connectivity index (χ3n) is 4.04. The fourth-order valence-corrected chi connectivity index (χ4v) is 2.85. The lowest BCUT2D eigenvalue weighted by Crippen LogP contribution is -2.21. The highest BCUT2D eigenvalue weighted by Crippen LogP contribution is 2.20. The van der Waals surface area contributed by atoms with Crippen LogP contribution in [0.15, 0.2) is 36.7 Å². The van der Waals surface area contributed by atoms with Crippen molar-refractivity contribution < 1.29 is 5.11 Å². The van der Waals surface area contributed by atoms with E-state index in [0.717, 1.165) is 41.9 Å². The molecule has 1 atom stereocenters. The van der Waals surface area contributed by atoms with Gasteiger partial charge in [0.25, 0.3) is 0 Å². The molecule has 2 N–H and O–H groups in total. The molecule has 1 aromatic heterocycles. The molecule has 0 spiro atoms. The molecule has 0 aliphatic carbocycles. The van der Waals surface area contributed by atoms with Crippen molar-refractivity contribution in [2.24, 2.45) is 0 Å². The number of aryl methyl sites for hydroxylation is 1. The minimum Gasteiger partial charge on any atom is -0.392 e. The number of aliphatic hydroxyl groups excluding tert-OH is 1. The lowest BCUT2D eigenvalue weighted by atomic mass is 10.0. The first-order valence-corrected chi connectivity index (χ1v) is 7.59. The molecule has 1 aliphatic rings. The van der Waals surface area contributed by atoms with Gasteiger partial charge >= 0.3 is 0 Å². The second-order valence-electron chi connectivity index (χ2n) is 5.59. The maximum Gasteiger partial charge on any atom is 0.116 e. The second kappa shape index (κ2) is 6.78. The van der Waals surface area contributed by atoms with Crippen molar-refractivity contribution in [1.82, 2.24) is 15.3 Å². The summed E-state index contributed by atoms with van der Waals surface area (Å²) in [5.74, 6) is 0. The number of nitrogens with zero attached hydrogens (tertiary/aromatic N) is 2. The van der Waals surface area contributed by atoms with Gasteiger partial charge in [0.15, 0.2) is 0 Å². The van der Waals surface area contributed by atoms with Crippen molar-refractivity contribution in [3.8, 4) is 11.3 Å². The van der Waals surface area contributed by atoms with E-state index in [2.05, 4.69) is 21.4 Å². The summed E-state index contributed by atoms with van der Waals surface area (Å²) in [7, 11) is 0. The third kappa shape index (κ3) is 3.65. The quantitative estimate of drug-likeness (QED) is 0.884. The van der Waals surface area contributed by atoms with Crippen LogP contribution in [0.5, 0.6) is 0 Å². The van der Waals surface area contributed by atoms with Crippen LogP contribution in [0.4, 0.5) is 0 Å². The smallest absolute Gasteiger partial charge is 0.116 e. The number of nitrogens with one attached hydrogen (secondary N) is 1. The molecule has 4 nitrogen and oxygen atoms in total. The average Bonchev–Trinajstić information content (AvgIpc) is 3.07. The van der Waals surface area contributed by atoms with E-state index in [1.54, 1.807) is 6.33 Å². The molecular formula is C17H21N3O. The minimum absolute atomic E-state index is 0.0547. The predicted molar refractivity (Wildman–Crippen MR) is 82.7 cm³/mol. The zero-order chi connectivity index (χ0) is 14.5. The normalized spacial score (nSPS) is 18.0. The van der Waals surface area contributed by atoms with Crippen molar-refractivity contribution in [2.45, 2.75) is 38.3 Å². The van der Waals surface area contributed by atoms with Gasteiger partial charge in [-0.15, -0.1) is 0 Å². The summed E-state index contributed by atoms with van der Waals surface area (Å²) in [5, 5.41) is 12.7. The Bertz CT molecular complexity index is 594. The van der Waals surface area contributed by atoms with Crippen LogP contribution < -0.4 is 5.32 Å². The Morgan fingerprint density at radius 3 is 3.00 bits per heavy atom. The van der Waals surface area contributed by atoms with Crippen LogP contribution >= 0.6 is 0 Å². The summed E-state index contributed by atoms with van der Waals surface area (Å²) in [6.07, 6.45) is 6.31. The number of hydrogen-bond acceptors (Lipinski definition) is 4. The van der Waals surface area contributed by atoms with Crippen LogP contribution in [0.2, 0.25) is 0 Å². The minimum atomic E-state index is 0.0547. The van der Waals surface area contributed by atoms with Gasteiger partial charge in [-0.2, -0.15) is 0 Å². The van der Waals surface area contributed by atoms with Crippen molar-refractivity contribution in [2.75, 3.05) is 6.54 Å². The van der Waals surface area contributed by atoms with E-state index in [4.69, 9.17) is 0 Å². The molecule has 0 amide bonds. The Labute approximate surface area is 125 Å². The van der Waals surface area contributed by atoms with E-state index >= 15 is 0 Å². The summed E-state index contributed by atoms with van der Waals surface area (Å²) < 4.78 is 0. The van der Waals surface area contributed by atoms with Crippen LogP contribution in [-0.2, 0) is 13.0 Å². The SMILES string of the molecule is OCc1cccc(-c2cc(CC[C@@H]3CCCN3)ncn2)c1. The molecule has 1 aromatic carbocycles. The van der Waals surface area contributed by atoms with Crippen LogP contribution in [0.25, 0.3) is 11.3 Å². The van der Waals surface area contributed by atoms with Gasteiger partial charge in [-0.1, -0.05) is 18.2 Å². The molecule has 0 radical (unpaired) electrons. The van der Waals surface area contributed by atoms with Gasteiger partial charge in [-0.05, 0) is 49.9 Å². The largest absolute Gasteiger partial charge is 0.392 e. The standard InChI is InChI=1S/C17H21N3O/c21-11-13-3-1-4-14(9-13)17-10-16(19-12-20-17)7-6-15-5-2-8-18-15/h1,3-4,9-10,12,15,18,21H,2,5-8,11H2/t15-/m0/s1. The molecule has 1 fully saturated rings. The maximum absolute atomic E-state index is 9.23. The summed E-state index contributed by atoms with van der Waals surface area (Å²) in [5.41, 5.74) is 3.95. The molecule has 1 saturated heterocycles. The molecule has 21 heavy (non-hydrogen) atoms. The van der Waals surface area contributed by atoms with Gasteiger partial charge in [0, 0.05) is 17.3 Å². The zero-order valence-electron chi connectivity index (χ0n) is 12.1. The van der Waals surface area contributed by atoms with E-state index in [-0.39, 0.29) is 6.61 Å². The molecule has 2 heterocycles. The lowest BCUT2D eigenvalue weighted by Gasteiger charge is -2.10. The first-order chi connectivity index (χ1) is 10.3. The molecule has 0 saturated carbocycles. The third-order valence-corrected chi connectivity index (χ3v) is 4.04. The van der Waals surface area contributed by atoms with Gasteiger partial charge in [-0.25, -0.2) is 9.97 Å². The molecule has 1 aliphatic heterocycles. The molecule has 3 rings (SSSR count). The van der Waals surface area contributed by atoms with E-state index in [9.17, 15) is 5.11 Å². The number of hydrogen-bond donors (Lipinski definition) is 2. The molecule has 0 bridgehead atoms. The molecule has 110 valence electrons. The van der Waals surface area contributed by atoms with E-state index in [1.807, 2.05) is 24.3 Å². The van der Waals surface area contributed by atoms with E-state index in [0.29, 0.717) is 6.04 Å². The summed E-state index contributed by atoms with van der Waals surface area (Å²) in [4.78, 5) is 8.74. The monoisotopic (exact) mass is 283 g/mol. The van der Waals surface area contributed by atoms with Crippen molar-refractivity contribution >= 4 is 0 Å². The fraction of sp³-hybridized carbons (Fsp3) is 0.412. The van der Waals surface area contributed by atoms with Crippen molar-refractivity contribution in [3.05, 3.63) is 47.9 Å². The van der Waals surface area contributed by atoms with Crippen molar-refractivity contribution in [1.29, 1.82) is 0 Å². The van der Waals surface area contributed by atoms with Gasteiger partial charge in [-0.3, -0.25) is 0 Å². The Kier molecular flexibility index (Phi) is 4.58. The van der Waals surface area contributed by atoms with E-state index < -0.39 is 0 Å². The molecular weight excluding hydrogens is 262 g/mol. The molecule has 2 aromatic rings. The van der Waals surface area contributed by atoms with Crippen LogP contribution in [-0.4, -0.2) is 27.7 Å². The summed E-state index contributed by atoms with van der Waals surface area (Å²) >= 11 is 0.